The molecule has 1 rings (SSSR count). The highest BCUT2D eigenvalue weighted by molar-refractivity contribution is 7.82. The van der Waals surface area contributed by atoms with Crippen molar-refractivity contribution in [2.75, 3.05) is 5.32 Å². The first-order chi connectivity index (χ1) is 8.91. The summed E-state index contributed by atoms with van der Waals surface area (Å²) in [5, 5.41) is 10.3. The molecule has 0 aromatic heterocycles. The van der Waals surface area contributed by atoms with Crippen LogP contribution in [-0.4, -0.2) is 16.1 Å². The smallest absolute Gasteiger partial charge is 0.416 e. The summed E-state index contributed by atoms with van der Waals surface area (Å²) in [6.45, 7) is 0. The Morgan fingerprint density at radius 1 is 1.00 bits per heavy atom. The number of carbonyl (C=O) groups is 1. The molecule has 0 radical (unpaired) electrons. The van der Waals surface area contributed by atoms with E-state index in [0.717, 1.165) is 0 Å². The number of rotatable bonds is 1. The van der Waals surface area contributed by atoms with Crippen LogP contribution in [-0.2, 0) is 17.1 Å². The molecule has 0 amide bonds. The monoisotopic (exact) mass is 317 g/mol. The number of carboxylic acid groups (broad SMARTS) is 1. The quantitative estimate of drug-likeness (QED) is 0.614. The largest absolute Gasteiger partial charge is 0.476 e. The Hall–Kier alpha value is -1.84. The number of halogens is 6. The summed E-state index contributed by atoms with van der Waals surface area (Å²) in [6.07, 6.45) is -10.0. The third-order valence-electron chi connectivity index (χ3n) is 2.04. The molecule has 1 aromatic carbocycles. The van der Waals surface area contributed by atoms with Crippen LogP contribution >= 0.6 is 12.2 Å². The minimum absolute atomic E-state index is 0.0744. The Labute approximate surface area is 113 Å². The predicted molar refractivity (Wildman–Crippen MR) is 60.3 cm³/mol. The lowest BCUT2D eigenvalue weighted by atomic mass is 10.1. The van der Waals surface area contributed by atoms with Crippen LogP contribution in [0.3, 0.4) is 0 Å². The zero-order chi connectivity index (χ0) is 15.7. The summed E-state index contributed by atoms with van der Waals surface area (Å²) in [5.74, 6) is -1.68. The average molecular weight is 317 g/mol. The van der Waals surface area contributed by atoms with Gasteiger partial charge in [0.1, 0.15) is 0 Å². The number of alkyl halides is 6. The lowest BCUT2D eigenvalue weighted by Gasteiger charge is -2.14. The highest BCUT2D eigenvalue weighted by Crippen LogP contribution is 2.37. The van der Waals surface area contributed by atoms with Crippen LogP contribution in [0, 0.1) is 0 Å². The van der Waals surface area contributed by atoms with Gasteiger partial charge in [0.15, 0.2) is 4.99 Å². The van der Waals surface area contributed by atoms with E-state index in [1.807, 2.05) is 0 Å². The molecule has 0 saturated carbocycles. The van der Waals surface area contributed by atoms with Gasteiger partial charge in [-0.05, 0) is 18.2 Å². The molecular weight excluding hydrogens is 312 g/mol. The van der Waals surface area contributed by atoms with Crippen LogP contribution in [0.25, 0.3) is 0 Å². The Morgan fingerprint density at radius 3 is 1.70 bits per heavy atom. The number of benzene rings is 1. The van der Waals surface area contributed by atoms with Crippen molar-refractivity contribution in [1.29, 1.82) is 0 Å². The maximum atomic E-state index is 12.5. The fourth-order valence-corrected chi connectivity index (χ4v) is 1.33. The number of aliphatic carboxylic acids is 1. The van der Waals surface area contributed by atoms with E-state index in [2.05, 4.69) is 12.2 Å². The molecule has 0 bridgehead atoms. The first-order valence-electron chi connectivity index (χ1n) is 4.75. The summed E-state index contributed by atoms with van der Waals surface area (Å²) in [6, 6.07) is 0.601. The lowest BCUT2D eigenvalue weighted by molar-refractivity contribution is -0.143. The summed E-state index contributed by atoms with van der Waals surface area (Å²) in [5.41, 5.74) is -3.84. The normalized spacial score (nSPS) is 12.1. The van der Waals surface area contributed by atoms with Crippen molar-refractivity contribution in [3.05, 3.63) is 29.3 Å². The number of nitrogens with one attached hydrogen (secondary N) is 1. The second-order valence-electron chi connectivity index (χ2n) is 3.55. The molecule has 0 aliphatic rings. The number of carboxylic acids is 1. The standard InChI is InChI=1S/C10H5F6NO2S/c11-9(12,13)4-1-5(10(14,15)16)3-6(2-4)17-7(20)8(18)19/h1-3H,(H,17,20)(H,18,19). The minimum atomic E-state index is -5.01. The number of hydrogen-bond donors (Lipinski definition) is 2. The van der Waals surface area contributed by atoms with Crippen LogP contribution in [0.5, 0.6) is 0 Å². The van der Waals surface area contributed by atoms with Gasteiger partial charge in [-0.1, -0.05) is 12.2 Å². The van der Waals surface area contributed by atoms with Crippen molar-refractivity contribution in [3.63, 3.8) is 0 Å². The summed E-state index contributed by atoms with van der Waals surface area (Å²) >= 11 is 4.26. The van der Waals surface area contributed by atoms with E-state index in [0.29, 0.717) is 12.1 Å². The zero-order valence-corrected chi connectivity index (χ0v) is 10.1. The molecule has 10 heteroatoms. The molecule has 1 aromatic rings. The summed E-state index contributed by atoms with van der Waals surface area (Å²) < 4.78 is 74.9. The molecule has 0 heterocycles. The molecule has 0 saturated heterocycles. The van der Waals surface area contributed by atoms with Crippen LogP contribution in [0.1, 0.15) is 11.1 Å². The van der Waals surface area contributed by atoms with E-state index in [1.165, 1.54) is 0 Å². The van der Waals surface area contributed by atoms with Gasteiger partial charge < -0.3 is 10.4 Å². The van der Waals surface area contributed by atoms with Crippen molar-refractivity contribution in [1.82, 2.24) is 0 Å². The Kier molecular flexibility index (Phi) is 4.27. The van der Waals surface area contributed by atoms with Gasteiger partial charge in [-0.3, -0.25) is 0 Å². The third kappa shape index (κ3) is 4.08. The predicted octanol–water partition coefficient (Wildman–Crippen LogP) is 3.55. The fraction of sp³-hybridized carbons (Fsp3) is 0.200. The molecule has 2 N–H and O–H groups in total. The molecule has 0 spiro atoms. The van der Waals surface area contributed by atoms with Crippen molar-refractivity contribution in [2.24, 2.45) is 0 Å². The average Bonchev–Trinajstić information content (AvgIpc) is 2.26. The first-order valence-corrected chi connectivity index (χ1v) is 5.16. The third-order valence-corrected chi connectivity index (χ3v) is 2.32. The summed E-state index contributed by atoms with van der Waals surface area (Å²) in [4.78, 5) is 9.50. The van der Waals surface area contributed by atoms with Gasteiger partial charge in [0.25, 0.3) is 0 Å². The van der Waals surface area contributed by atoms with Crippen LogP contribution in [0.15, 0.2) is 18.2 Å². The van der Waals surface area contributed by atoms with Gasteiger partial charge in [-0.2, -0.15) is 26.3 Å². The van der Waals surface area contributed by atoms with Gasteiger partial charge in [0, 0.05) is 5.69 Å². The van der Waals surface area contributed by atoms with E-state index in [4.69, 9.17) is 5.11 Å². The van der Waals surface area contributed by atoms with Gasteiger partial charge in [-0.15, -0.1) is 0 Å². The molecular formula is C10H5F6NO2S. The second kappa shape index (κ2) is 5.27. The molecule has 110 valence electrons. The Bertz CT molecular complexity index is 519. The van der Waals surface area contributed by atoms with E-state index >= 15 is 0 Å². The Balaban J connectivity index is 3.31. The lowest BCUT2D eigenvalue weighted by Crippen LogP contribution is -2.21. The molecule has 0 fully saturated rings. The van der Waals surface area contributed by atoms with Gasteiger partial charge in [0.05, 0.1) is 11.1 Å². The highest BCUT2D eigenvalue weighted by atomic mass is 32.1. The van der Waals surface area contributed by atoms with Gasteiger partial charge in [0.2, 0.25) is 0 Å². The minimum Gasteiger partial charge on any atom is -0.476 e. The van der Waals surface area contributed by atoms with Gasteiger partial charge in [-0.25, -0.2) is 4.79 Å². The SMILES string of the molecule is O=C(O)C(=S)Nc1cc(C(F)(F)F)cc(C(F)(F)F)c1. The van der Waals surface area contributed by atoms with E-state index in [1.54, 1.807) is 5.32 Å². The fourth-order valence-electron chi connectivity index (χ4n) is 1.21. The van der Waals surface area contributed by atoms with Gasteiger partial charge >= 0.3 is 18.3 Å². The maximum Gasteiger partial charge on any atom is 0.416 e. The molecule has 0 atom stereocenters. The molecule has 0 aliphatic heterocycles. The summed E-state index contributed by atoms with van der Waals surface area (Å²) in [7, 11) is 0. The van der Waals surface area contributed by atoms with Crippen molar-refractivity contribution in [2.45, 2.75) is 12.4 Å². The zero-order valence-electron chi connectivity index (χ0n) is 9.26. The van der Waals surface area contributed by atoms with Crippen molar-refractivity contribution < 1.29 is 36.2 Å². The molecule has 0 unspecified atom stereocenters. The van der Waals surface area contributed by atoms with Crippen molar-refractivity contribution in [3.8, 4) is 0 Å². The van der Waals surface area contributed by atoms with Crippen LogP contribution < -0.4 is 5.32 Å². The number of thiocarbonyl (C=S) groups is 1. The second-order valence-corrected chi connectivity index (χ2v) is 3.96. The number of hydrogen-bond acceptors (Lipinski definition) is 2. The van der Waals surface area contributed by atoms with Crippen LogP contribution in [0.2, 0.25) is 0 Å². The van der Waals surface area contributed by atoms with Crippen LogP contribution in [0.4, 0.5) is 32.0 Å². The van der Waals surface area contributed by atoms with E-state index < -0.39 is 40.1 Å². The molecule has 0 aliphatic carbocycles. The van der Waals surface area contributed by atoms with E-state index in [9.17, 15) is 31.1 Å². The first kappa shape index (κ1) is 16.2. The highest BCUT2D eigenvalue weighted by Gasteiger charge is 2.37. The van der Waals surface area contributed by atoms with E-state index in [-0.39, 0.29) is 6.07 Å². The Morgan fingerprint density at radius 2 is 1.40 bits per heavy atom. The number of anilines is 1. The van der Waals surface area contributed by atoms with Crippen molar-refractivity contribution >= 4 is 28.9 Å². The molecule has 3 nitrogen and oxygen atoms in total. The topological polar surface area (TPSA) is 49.3 Å². The maximum absolute atomic E-state index is 12.5. The molecule has 20 heavy (non-hydrogen) atoms.